The Labute approximate surface area is 151 Å². The Kier molecular flexibility index (Phi) is 5.52. The van der Waals surface area contributed by atoms with Gasteiger partial charge in [0.05, 0.1) is 21.1 Å². The van der Waals surface area contributed by atoms with E-state index in [9.17, 15) is 9.59 Å². The number of nitrogens with one attached hydrogen (secondary N) is 1. The van der Waals surface area contributed by atoms with Crippen molar-refractivity contribution < 1.29 is 9.59 Å². The van der Waals surface area contributed by atoms with E-state index in [2.05, 4.69) is 5.43 Å². The molecule has 0 spiro atoms. The summed E-state index contributed by atoms with van der Waals surface area (Å²) < 4.78 is 0. The lowest BCUT2D eigenvalue weighted by Crippen LogP contribution is -2.55. The molecule has 2 amide bonds. The first kappa shape index (κ1) is 18.3. The highest BCUT2D eigenvalue weighted by Crippen LogP contribution is 2.27. The molecule has 0 heterocycles. The summed E-state index contributed by atoms with van der Waals surface area (Å²) in [5.74, 6) is -0.809. The van der Waals surface area contributed by atoms with Crippen LogP contribution < -0.4 is 5.43 Å². The fraction of sp³-hybridized carbons (Fsp3) is 0.222. The Morgan fingerprint density at radius 1 is 0.958 bits per heavy atom. The van der Waals surface area contributed by atoms with Crippen LogP contribution in [0.15, 0.2) is 48.5 Å². The molecule has 0 fully saturated rings. The Balaban J connectivity index is 2.34. The van der Waals surface area contributed by atoms with Crippen LogP contribution in [-0.2, 0) is 0 Å². The van der Waals surface area contributed by atoms with Crippen LogP contribution in [-0.4, -0.2) is 22.4 Å². The summed E-state index contributed by atoms with van der Waals surface area (Å²) in [6.45, 7) is 5.44. The molecular formula is C18H18Cl2N2O2. The van der Waals surface area contributed by atoms with Crippen molar-refractivity contribution in [3.05, 3.63) is 69.7 Å². The smallest absolute Gasteiger partial charge is 0.267 e. The predicted molar refractivity (Wildman–Crippen MR) is 96.3 cm³/mol. The van der Waals surface area contributed by atoms with Crippen molar-refractivity contribution in [2.75, 3.05) is 0 Å². The van der Waals surface area contributed by atoms with E-state index >= 15 is 0 Å². The Bertz CT molecular complexity index is 755. The van der Waals surface area contributed by atoms with E-state index in [0.717, 1.165) is 0 Å². The highest BCUT2D eigenvalue weighted by atomic mass is 35.5. The van der Waals surface area contributed by atoms with Gasteiger partial charge in [-0.05, 0) is 45.0 Å². The standard InChI is InChI=1S/C18H18Cl2N2O2/c1-18(2,3)22(21-16(23)12-8-5-4-6-9-12)17(24)13-10-7-11-14(19)15(13)20/h4-11H,1-3H3,(H,21,23). The van der Waals surface area contributed by atoms with Gasteiger partial charge < -0.3 is 0 Å². The minimum Gasteiger partial charge on any atom is -0.267 e. The van der Waals surface area contributed by atoms with Crippen molar-refractivity contribution >= 4 is 35.0 Å². The van der Waals surface area contributed by atoms with E-state index in [0.29, 0.717) is 5.56 Å². The van der Waals surface area contributed by atoms with E-state index in [1.165, 1.54) is 5.01 Å². The molecule has 126 valence electrons. The summed E-state index contributed by atoms with van der Waals surface area (Å²) in [7, 11) is 0. The molecule has 2 rings (SSSR count). The molecule has 0 atom stereocenters. The molecule has 0 radical (unpaired) electrons. The van der Waals surface area contributed by atoms with Crippen molar-refractivity contribution in [3.8, 4) is 0 Å². The maximum absolute atomic E-state index is 12.9. The number of hydrazine groups is 1. The summed E-state index contributed by atoms with van der Waals surface area (Å²) in [5.41, 5.74) is 2.69. The molecule has 0 saturated heterocycles. The molecule has 0 aliphatic carbocycles. The topological polar surface area (TPSA) is 49.4 Å². The van der Waals surface area contributed by atoms with E-state index in [4.69, 9.17) is 23.2 Å². The molecule has 0 aromatic heterocycles. The van der Waals surface area contributed by atoms with Crippen LogP contribution in [0.2, 0.25) is 10.0 Å². The highest BCUT2D eigenvalue weighted by molar-refractivity contribution is 6.43. The monoisotopic (exact) mass is 364 g/mol. The van der Waals surface area contributed by atoms with Gasteiger partial charge in [0, 0.05) is 5.56 Å². The number of amides is 2. The van der Waals surface area contributed by atoms with Gasteiger partial charge >= 0.3 is 0 Å². The average Bonchev–Trinajstić information content (AvgIpc) is 2.54. The van der Waals surface area contributed by atoms with Crippen LogP contribution in [0.3, 0.4) is 0 Å². The summed E-state index contributed by atoms with van der Waals surface area (Å²) >= 11 is 12.1. The predicted octanol–water partition coefficient (Wildman–Crippen LogP) is 4.58. The van der Waals surface area contributed by atoms with Gasteiger partial charge in [0.1, 0.15) is 0 Å². The van der Waals surface area contributed by atoms with Gasteiger partial charge in [0.25, 0.3) is 11.8 Å². The van der Waals surface area contributed by atoms with Crippen LogP contribution in [0.25, 0.3) is 0 Å². The quantitative estimate of drug-likeness (QED) is 0.792. The fourth-order valence-electron chi connectivity index (χ4n) is 2.07. The second-order valence-corrected chi connectivity index (χ2v) is 7.00. The molecule has 0 unspecified atom stereocenters. The van der Waals surface area contributed by atoms with Crippen LogP contribution in [0.1, 0.15) is 41.5 Å². The van der Waals surface area contributed by atoms with Gasteiger partial charge in [-0.1, -0.05) is 47.5 Å². The number of hydrogen-bond donors (Lipinski definition) is 1. The van der Waals surface area contributed by atoms with E-state index in [1.54, 1.807) is 42.5 Å². The summed E-state index contributed by atoms with van der Waals surface area (Å²) in [4.78, 5) is 25.3. The molecule has 0 aliphatic heterocycles. The van der Waals surface area contributed by atoms with Crippen molar-refractivity contribution in [2.24, 2.45) is 0 Å². The number of rotatable bonds is 2. The lowest BCUT2D eigenvalue weighted by atomic mass is 10.1. The van der Waals surface area contributed by atoms with Crippen molar-refractivity contribution in [1.82, 2.24) is 10.4 Å². The van der Waals surface area contributed by atoms with Gasteiger partial charge in [0.15, 0.2) is 0 Å². The third-order valence-corrected chi connectivity index (χ3v) is 4.12. The van der Waals surface area contributed by atoms with E-state index in [-0.39, 0.29) is 21.5 Å². The van der Waals surface area contributed by atoms with Crippen molar-refractivity contribution in [1.29, 1.82) is 0 Å². The van der Waals surface area contributed by atoms with Gasteiger partial charge in [-0.25, -0.2) is 5.01 Å². The van der Waals surface area contributed by atoms with Crippen LogP contribution >= 0.6 is 23.2 Å². The molecule has 0 aliphatic rings. The highest BCUT2D eigenvalue weighted by Gasteiger charge is 2.31. The number of benzene rings is 2. The largest absolute Gasteiger partial charge is 0.274 e. The lowest BCUT2D eigenvalue weighted by Gasteiger charge is -2.35. The fourth-order valence-corrected chi connectivity index (χ4v) is 2.45. The number of halogens is 2. The van der Waals surface area contributed by atoms with Gasteiger partial charge in [-0.2, -0.15) is 0 Å². The van der Waals surface area contributed by atoms with Gasteiger partial charge in [0.2, 0.25) is 0 Å². The SMILES string of the molecule is CC(C)(C)N(NC(=O)c1ccccc1)C(=O)c1cccc(Cl)c1Cl. The first-order valence-electron chi connectivity index (χ1n) is 7.36. The molecule has 24 heavy (non-hydrogen) atoms. The summed E-state index contributed by atoms with van der Waals surface area (Å²) in [5, 5.41) is 1.71. The lowest BCUT2D eigenvalue weighted by molar-refractivity contribution is 0.0359. The number of hydrogen-bond acceptors (Lipinski definition) is 2. The van der Waals surface area contributed by atoms with E-state index in [1.807, 2.05) is 26.8 Å². The van der Waals surface area contributed by atoms with Gasteiger partial charge in [-0.3, -0.25) is 15.0 Å². The molecular weight excluding hydrogens is 347 g/mol. The Hall–Kier alpha value is -2.04. The Morgan fingerprint density at radius 3 is 2.17 bits per heavy atom. The molecule has 1 N–H and O–H groups in total. The Morgan fingerprint density at radius 2 is 1.58 bits per heavy atom. The minimum atomic E-state index is -0.660. The normalized spacial score (nSPS) is 11.0. The molecule has 0 bridgehead atoms. The van der Waals surface area contributed by atoms with Crippen LogP contribution in [0.5, 0.6) is 0 Å². The van der Waals surface area contributed by atoms with E-state index < -0.39 is 11.4 Å². The maximum Gasteiger partial charge on any atom is 0.274 e. The third kappa shape index (κ3) is 4.08. The minimum absolute atomic E-state index is 0.160. The molecule has 4 nitrogen and oxygen atoms in total. The second-order valence-electron chi connectivity index (χ2n) is 6.22. The number of nitrogens with zero attached hydrogens (tertiary/aromatic N) is 1. The van der Waals surface area contributed by atoms with Crippen LogP contribution in [0.4, 0.5) is 0 Å². The van der Waals surface area contributed by atoms with Crippen LogP contribution in [0, 0.1) is 0 Å². The summed E-state index contributed by atoms with van der Waals surface area (Å²) in [6.07, 6.45) is 0. The van der Waals surface area contributed by atoms with Crippen molar-refractivity contribution in [3.63, 3.8) is 0 Å². The number of carbonyl (C=O) groups excluding carboxylic acids is 2. The van der Waals surface area contributed by atoms with Crippen molar-refractivity contribution in [2.45, 2.75) is 26.3 Å². The summed E-state index contributed by atoms with van der Waals surface area (Å²) in [6, 6.07) is 13.5. The zero-order valence-corrected chi connectivity index (χ0v) is 15.2. The van der Waals surface area contributed by atoms with Gasteiger partial charge in [-0.15, -0.1) is 0 Å². The molecule has 2 aromatic rings. The molecule has 0 saturated carbocycles. The first-order chi connectivity index (χ1) is 11.2. The average molecular weight is 365 g/mol. The zero-order chi connectivity index (χ0) is 17.9. The second kappa shape index (κ2) is 7.24. The zero-order valence-electron chi connectivity index (χ0n) is 13.6. The third-order valence-electron chi connectivity index (χ3n) is 3.31. The maximum atomic E-state index is 12.9. The number of carbonyl (C=O) groups is 2. The molecule has 2 aromatic carbocycles. The first-order valence-corrected chi connectivity index (χ1v) is 8.12. The molecule has 6 heteroatoms.